The van der Waals surface area contributed by atoms with Crippen molar-refractivity contribution in [2.24, 2.45) is 5.41 Å². The molecule has 0 bridgehead atoms. The number of benzene rings is 1. The minimum atomic E-state index is -1.11. The number of H-pyrrole nitrogens is 1. The summed E-state index contributed by atoms with van der Waals surface area (Å²) in [7, 11) is 0. The van der Waals surface area contributed by atoms with Crippen molar-refractivity contribution in [1.29, 1.82) is 0 Å². The molecule has 1 atom stereocenters. The van der Waals surface area contributed by atoms with Crippen molar-refractivity contribution in [3.05, 3.63) is 47.1 Å². The Bertz CT molecular complexity index is 772. The minimum absolute atomic E-state index is 0.168. The number of amides is 1. The average molecular weight is 335 g/mol. The zero-order chi connectivity index (χ0) is 17.2. The van der Waals surface area contributed by atoms with Gasteiger partial charge >= 0.3 is 5.97 Å². The average Bonchev–Trinajstić information content (AvgIpc) is 2.80. The van der Waals surface area contributed by atoms with E-state index in [2.05, 4.69) is 10.3 Å². The van der Waals surface area contributed by atoms with Crippen LogP contribution in [0.2, 0.25) is 5.15 Å². The molecule has 0 spiro atoms. The first kappa shape index (κ1) is 17.1. The minimum Gasteiger partial charge on any atom is -0.479 e. The number of carboxylic acids is 1. The van der Waals surface area contributed by atoms with Crippen LogP contribution in [0.1, 0.15) is 31.1 Å². The van der Waals surface area contributed by atoms with Gasteiger partial charge in [-0.2, -0.15) is 0 Å². The summed E-state index contributed by atoms with van der Waals surface area (Å²) in [6.07, 6.45) is 3.25. The van der Waals surface area contributed by atoms with Crippen LogP contribution in [0, 0.1) is 5.41 Å². The molecule has 1 aromatic heterocycles. The number of halogens is 1. The van der Waals surface area contributed by atoms with Crippen LogP contribution in [-0.2, 0) is 4.79 Å². The Balaban J connectivity index is 2.19. The van der Waals surface area contributed by atoms with E-state index >= 15 is 0 Å². The number of carboxylic acid groups (broad SMARTS) is 1. The smallest absolute Gasteiger partial charge is 0.330 e. The van der Waals surface area contributed by atoms with Crippen LogP contribution in [0.3, 0.4) is 0 Å². The number of nitrogens with one attached hydrogen (secondary N) is 2. The molecule has 1 aromatic carbocycles. The monoisotopic (exact) mass is 334 g/mol. The van der Waals surface area contributed by atoms with E-state index in [0.717, 1.165) is 10.9 Å². The van der Waals surface area contributed by atoms with Crippen molar-refractivity contribution in [1.82, 2.24) is 10.3 Å². The van der Waals surface area contributed by atoms with Crippen molar-refractivity contribution in [2.45, 2.75) is 26.8 Å². The van der Waals surface area contributed by atoms with Gasteiger partial charge in [0, 0.05) is 16.5 Å². The Morgan fingerprint density at radius 2 is 2.00 bits per heavy atom. The lowest BCUT2D eigenvalue weighted by atomic mass is 9.95. The molecule has 2 aromatic rings. The lowest BCUT2D eigenvalue weighted by Crippen LogP contribution is -2.39. The fourth-order valence-electron chi connectivity index (χ4n) is 2.03. The third kappa shape index (κ3) is 4.60. The van der Waals surface area contributed by atoms with Crippen LogP contribution in [0.15, 0.2) is 36.4 Å². The van der Waals surface area contributed by atoms with Crippen molar-refractivity contribution >= 4 is 34.4 Å². The molecule has 5 nitrogen and oxygen atoms in total. The molecule has 6 heteroatoms. The summed E-state index contributed by atoms with van der Waals surface area (Å²) < 4.78 is 0. The topological polar surface area (TPSA) is 82.2 Å². The quantitative estimate of drug-likeness (QED) is 0.747. The first-order valence-corrected chi connectivity index (χ1v) is 7.55. The lowest BCUT2D eigenvalue weighted by molar-refractivity contribution is -0.137. The summed E-state index contributed by atoms with van der Waals surface area (Å²) >= 11 is 5.88. The first-order chi connectivity index (χ1) is 10.7. The number of fused-ring (bicyclic) bond motifs is 1. The molecule has 0 radical (unpaired) electrons. The summed E-state index contributed by atoms with van der Waals surface area (Å²) in [6, 6.07) is 5.71. The predicted molar refractivity (Wildman–Crippen MR) is 90.8 cm³/mol. The van der Waals surface area contributed by atoms with Crippen LogP contribution in [0.5, 0.6) is 0 Å². The van der Waals surface area contributed by atoms with Crippen LogP contribution in [-0.4, -0.2) is 28.0 Å². The highest BCUT2D eigenvalue weighted by Crippen LogP contribution is 2.20. The molecule has 2 rings (SSSR count). The molecule has 0 aliphatic rings. The van der Waals surface area contributed by atoms with E-state index < -0.39 is 17.9 Å². The lowest BCUT2D eigenvalue weighted by Gasteiger charge is -2.15. The Morgan fingerprint density at radius 3 is 2.61 bits per heavy atom. The molecule has 1 heterocycles. The van der Waals surface area contributed by atoms with Crippen molar-refractivity contribution in [2.75, 3.05) is 0 Å². The molecule has 0 aliphatic heterocycles. The summed E-state index contributed by atoms with van der Waals surface area (Å²) in [6.45, 7) is 5.85. The van der Waals surface area contributed by atoms with Gasteiger partial charge < -0.3 is 15.4 Å². The van der Waals surface area contributed by atoms with Crippen molar-refractivity contribution in [3.8, 4) is 0 Å². The van der Waals surface area contributed by atoms with E-state index in [1.54, 1.807) is 30.3 Å². The highest BCUT2D eigenvalue weighted by atomic mass is 35.5. The fraction of sp³-hybridized carbons (Fsp3) is 0.294. The zero-order valence-corrected chi connectivity index (χ0v) is 13.9. The molecular weight excluding hydrogens is 316 g/mol. The van der Waals surface area contributed by atoms with Gasteiger partial charge in [-0.15, -0.1) is 0 Å². The number of allylic oxidation sites excluding steroid dienone is 1. The molecule has 0 unspecified atom stereocenters. The van der Waals surface area contributed by atoms with Crippen molar-refractivity contribution < 1.29 is 14.7 Å². The van der Waals surface area contributed by atoms with Gasteiger partial charge in [0.1, 0.15) is 11.2 Å². The number of aliphatic carboxylic acids is 1. The maximum atomic E-state index is 12.3. The number of aromatic nitrogens is 1. The molecule has 1 amide bonds. The van der Waals surface area contributed by atoms with Crippen molar-refractivity contribution in [3.63, 3.8) is 0 Å². The molecule has 0 fully saturated rings. The highest BCUT2D eigenvalue weighted by Gasteiger charge is 2.19. The van der Waals surface area contributed by atoms with Gasteiger partial charge in [0.2, 0.25) is 0 Å². The second-order valence-corrected chi connectivity index (χ2v) is 6.84. The largest absolute Gasteiger partial charge is 0.479 e. The van der Waals surface area contributed by atoms with Crippen LogP contribution < -0.4 is 5.32 Å². The Morgan fingerprint density at radius 1 is 1.30 bits per heavy atom. The van der Waals surface area contributed by atoms with Crippen LogP contribution >= 0.6 is 11.6 Å². The highest BCUT2D eigenvalue weighted by molar-refractivity contribution is 6.30. The summed E-state index contributed by atoms with van der Waals surface area (Å²) in [5.41, 5.74) is 0.921. The van der Waals surface area contributed by atoms with Gasteiger partial charge in [-0.3, -0.25) is 4.79 Å². The van der Waals surface area contributed by atoms with E-state index in [-0.39, 0.29) is 5.41 Å². The Hall–Kier alpha value is -2.27. The van der Waals surface area contributed by atoms with Crippen LogP contribution in [0.4, 0.5) is 0 Å². The molecule has 0 saturated heterocycles. The molecule has 23 heavy (non-hydrogen) atoms. The molecule has 0 saturated carbocycles. The SMILES string of the molecule is CC(C)(C)/C=C/[C@@H](NC(=O)c1ccc2cc(Cl)[nH]c2c1)C(=O)O. The molecular formula is C17H19ClN2O3. The predicted octanol–water partition coefficient (Wildman–Crippen LogP) is 3.61. The summed E-state index contributed by atoms with van der Waals surface area (Å²) in [4.78, 5) is 26.5. The van der Waals surface area contributed by atoms with E-state index in [1.165, 1.54) is 6.08 Å². The fourth-order valence-corrected chi connectivity index (χ4v) is 2.25. The molecule has 122 valence electrons. The van der Waals surface area contributed by atoms with Gasteiger partial charge in [0.05, 0.1) is 0 Å². The summed E-state index contributed by atoms with van der Waals surface area (Å²) in [5.74, 6) is -1.56. The van der Waals surface area contributed by atoms with E-state index in [0.29, 0.717) is 10.7 Å². The van der Waals surface area contributed by atoms with E-state index in [1.807, 2.05) is 20.8 Å². The number of carbonyl (C=O) groups is 2. The number of hydrogen-bond acceptors (Lipinski definition) is 2. The molecule has 0 aliphatic carbocycles. The van der Waals surface area contributed by atoms with Gasteiger partial charge in [0.25, 0.3) is 5.91 Å². The molecule has 3 N–H and O–H groups in total. The number of hydrogen-bond donors (Lipinski definition) is 3. The first-order valence-electron chi connectivity index (χ1n) is 7.17. The van der Waals surface area contributed by atoms with Gasteiger partial charge in [-0.05, 0) is 23.6 Å². The Labute approximate surface area is 139 Å². The third-order valence-corrected chi connectivity index (χ3v) is 3.40. The second-order valence-electron chi connectivity index (χ2n) is 6.43. The third-order valence-electron chi connectivity index (χ3n) is 3.19. The van der Waals surface area contributed by atoms with E-state index in [4.69, 9.17) is 11.6 Å². The summed E-state index contributed by atoms with van der Waals surface area (Å²) in [5, 5.41) is 13.1. The van der Waals surface area contributed by atoms with Gasteiger partial charge in [-0.1, -0.05) is 50.6 Å². The second kappa shape index (κ2) is 6.46. The van der Waals surface area contributed by atoms with Gasteiger partial charge in [0.15, 0.2) is 0 Å². The maximum absolute atomic E-state index is 12.3. The van der Waals surface area contributed by atoms with E-state index in [9.17, 15) is 14.7 Å². The van der Waals surface area contributed by atoms with Gasteiger partial charge in [-0.25, -0.2) is 4.79 Å². The zero-order valence-electron chi connectivity index (χ0n) is 13.2. The number of carbonyl (C=O) groups excluding carboxylic acids is 1. The standard InChI is InChI=1S/C17H19ClN2O3/c1-17(2,3)7-6-12(16(22)23)20-15(21)11-5-4-10-9-14(18)19-13(10)8-11/h4-9,12,19H,1-3H3,(H,20,21)(H,22,23)/b7-6+/t12-/m1/s1. The Kier molecular flexibility index (Phi) is 4.80. The maximum Gasteiger partial charge on any atom is 0.330 e. The number of rotatable bonds is 4. The van der Waals surface area contributed by atoms with Crippen LogP contribution in [0.25, 0.3) is 10.9 Å². The number of aromatic amines is 1. The normalized spacial score (nSPS) is 13.4.